The van der Waals surface area contributed by atoms with Gasteiger partial charge in [-0.2, -0.15) is 0 Å². The third kappa shape index (κ3) is 1.98. The number of hydrogen-bond acceptors (Lipinski definition) is 2. The van der Waals surface area contributed by atoms with Crippen molar-refractivity contribution in [3.63, 3.8) is 0 Å². The van der Waals surface area contributed by atoms with Crippen LogP contribution in [0.4, 0.5) is 10.5 Å². The predicted octanol–water partition coefficient (Wildman–Crippen LogP) is 1.42. The predicted molar refractivity (Wildman–Crippen MR) is 57.2 cm³/mol. The molecule has 78 valence electrons. The fraction of sp³-hybridized carbons (Fsp3) is 0.273. The molecule has 0 radical (unpaired) electrons. The van der Waals surface area contributed by atoms with E-state index in [-0.39, 0.29) is 6.03 Å². The maximum atomic E-state index is 11.5. The Bertz CT molecular complexity index is 373. The summed E-state index contributed by atoms with van der Waals surface area (Å²) in [4.78, 5) is 23.6. The molecule has 1 aliphatic heterocycles. The van der Waals surface area contributed by atoms with Gasteiger partial charge in [-0.3, -0.25) is 9.69 Å². The molecule has 1 aliphatic rings. The Morgan fingerprint density at radius 2 is 2.00 bits per heavy atom. The van der Waals surface area contributed by atoms with Gasteiger partial charge in [0.2, 0.25) is 0 Å². The average molecular weight is 204 g/mol. The molecule has 4 heteroatoms. The minimum absolute atomic E-state index is 0.0693. The van der Waals surface area contributed by atoms with Gasteiger partial charge in [-0.05, 0) is 30.7 Å². The molecule has 0 bridgehead atoms. The maximum absolute atomic E-state index is 11.5. The minimum atomic E-state index is -0.0693. The van der Waals surface area contributed by atoms with E-state index in [0.29, 0.717) is 5.56 Å². The first-order valence-corrected chi connectivity index (χ1v) is 4.92. The van der Waals surface area contributed by atoms with E-state index in [1.165, 1.54) is 0 Å². The Balaban J connectivity index is 2.20. The van der Waals surface area contributed by atoms with Gasteiger partial charge in [0.15, 0.2) is 0 Å². The van der Waals surface area contributed by atoms with Gasteiger partial charge in [-0.1, -0.05) is 0 Å². The number of carbonyl (C=O) groups excluding carboxylic acids is 2. The van der Waals surface area contributed by atoms with Crippen LogP contribution in [0.25, 0.3) is 0 Å². The highest BCUT2D eigenvalue weighted by atomic mass is 16.2. The molecule has 0 atom stereocenters. The first-order chi connectivity index (χ1) is 7.31. The Morgan fingerprint density at radius 1 is 1.27 bits per heavy atom. The summed E-state index contributed by atoms with van der Waals surface area (Å²) in [5.41, 5.74) is 1.45. The van der Waals surface area contributed by atoms with Crippen LogP contribution < -0.4 is 10.2 Å². The molecule has 15 heavy (non-hydrogen) atoms. The third-order valence-corrected chi connectivity index (χ3v) is 2.42. The number of rotatable bonds is 2. The number of benzene rings is 1. The van der Waals surface area contributed by atoms with Gasteiger partial charge in [0, 0.05) is 24.3 Å². The van der Waals surface area contributed by atoms with Crippen LogP contribution in [-0.4, -0.2) is 25.4 Å². The summed E-state index contributed by atoms with van der Waals surface area (Å²) < 4.78 is 0. The van der Waals surface area contributed by atoms with Crippen LogP contribution in [0, 0.1) is 0 Å². The van der Waals surface area contributed by atoms with E-state index >= 15 is 0 Å². The highest BCUT2D eigenvalue weighted by molar-refractivity contribution is 5.93. The van der Waals surface area contributed by atoms with E-state index in [2.05, 4.69) is 5.32 Å². The van der Waals surface area contributed by atoms with Crippen LogP contribution in [0.5, 0.6) is 0 Å². The zero-order valence-electron chi connectivity index (χ0n) is 8.27. The second-order valence-corrected chi connectivity index (χ2v) is 3.45. The highest BCUT2D eigenvalue weighted by Crippen LogP contribution is 2.16. The van der Waals surface area contributed by atoms with Crippen LogP contribution in [-0.2, 0) is 0 Å². The van der Waals surface area contributed by atoms with Crippen molar-refractivity contribution < 1.29 is 9.59 Å². The monoisotopic (exact) mass is 204 g/mol. The zero-order chi connectivity index (χ0) is 10.7. The van der Waals surface area contributed by atoms with Crippen LogP contribution in [0.15, 0.2) is 24.3 Å². The van der Waals surface area contributed by atoms with Gasteiger partial charge in [-0.25, -0.2) is 4.79 Å². The molecule has 4 nitrogen and oxygen atoms in total. The van der Waals surface area contributed by atoms with Gasteiger partial charge >= 0.3 is 6.03 Å². The van der Waals surface area contributed by atoms with Gasteiger partial charge < -0.3 is 5.32 Å². The molecule has 0 aliphatic carbocycles. The summed E-state index contributed by atoms with van der Waals surface area (Å²) in [6, 6.07) is 6.93. The molecule has 0 saturated carbocycles. The SMILES string of the molecule is O=Cc1ccc(N2CCCNC2=O)cc1. The molecule has 2 rings (SSSR count). The Labute approximate surface area is 87.9 Å². The number of nitrogens with zero attached hydrogens (tertiary/aromatic N) is 1. The topological polar surface area (TPSA) is 49.4 Å². The number of hydrogen-bond donors (Lipinski definition) is 1. The van der Waals surface area contributed by atoms with Crippen molar-refractivity contribution in [3.05, 3.63) is 29.8 Å². The minimum Gasteiger partial charge on any atom is -0.338 e. The lowest BCUT2D eigenvalue weighted by Crippen LogP contribution is -2.46. The molecule has 2 amide bonds. The molecule has 0 unspecified atom stereocenters. The number of aldehydes is 1. The lowest BCUT2D eigenvalue weighted by atomic mass is 10.2. The summed E-state index contributed by atoms with van der Waals surface area (Å²) in [5, 5.41) is 2.78. The smallest absolute Gasteiger partial charge is 0.321 e. The fourth-order valence-electron chi connectivity index (χ4n) is 1.61. The summed E-state index contributed by atoms with van der Waals surface area (Å²) >= 11 is 0. The van der Waals surface area contributed by atoms with Gasteiger partial charge in [0.1, 0.15) is 6.29 Å². The molecule has 1 aromatic rings. The number of nitrogens with one attached hydrogen (secondary N) is 1. The van der Waals surface area contributed by atoms with Crippen molar-refractivity contribution in [2.45, 2.75) is 6.42 Å². The zero-order valence-corrected chi connectivity index (χ0v) is 8.27. The molecule has 0 spiro atoms. The molecule has 1 fully saturated rings. The normalized spacial score (nSPS) is 16.0. The van der Waals surface area contributed by atoms with Crippen molar-refractivity contribution in [1.82, 2.24) is 5.32 Å². The molecule has 1 N–H and O–H groups in total. The van der Waals surface area contributed by atoms with Crippen molar-refractivity contribution >= 4 is 18.0 Å². The first-order valence-electron chi connectivity index (χ1n) is 4.92. The number of urea groups is 1. The van der Waals surface area contributed by atoms with Crippen molar-refractivity contribution in [2.75, 3.05) is 18.0 Å². The molecule has 1 aromatic carbocycles. The quantitative estimate of drug-likeness (QED) is 0.740. The summed E-state index contributed by atoms with van der Waals surface area (Å²) in [7, 11) is 0. The number of anilines is 1. The van der Waals surface area contributed by atoms with E-state index in [1.807, 2.05) is 0 Å². The lowest BCUT2D eigenvalue weighted by molar-refractivity contribution is 0.112. The summed E-state index contributed by atoms with van der Waals surface area (Å²) in [5.74, 6) is 0. The van der Waals surface area contributed by atoms with Crippen molar-refractivity contribution in [1.29, 1.82) is 0 Å². The Hall–Kier alpha value is -1.84. The number of amides is 2. The van der Waals surface area contributed by atoms with Crippen molar-refractivity contribution in [3.8, 4) is 0 Å². The van der Waals surface area contributed by atoms with Crippen LogP contribution in [0.1, 0.15) is 16.8 Å². The molecule has 1 saturated heterocycles. The highest BCUT2D eigenvalue weighted by Gasteiger charge is 2.18. The average Bonchev–Trinajstić information content (AvgIpc) is 2.30. The van der Waals surface area contributed by atoms with Crippen LogP contribution in [0.2, 0.25) is 0 Å². The van der Waals surface area contributed by atoms with E-state index < -0.39 is 0 Å². The van der Waals surface area contributed by atoms with E-state index in [0.717, 1.165) is 31.5 Å². The maximum Gasteiger partial charge on any atom is 0.321 e. The first kappa shape index (κ1) is 9.71. The van der Waals surface area contributed by atoms with Gasteiger partial charge in [0.25, 0.3) is 0 Å². The standard InChI is InChI=1S/C11H12N2O2/c14-8-9-2-4-10(5-3-9)13-7-1-6-12-11(13)15/h2-5,8H,1,6-7H2,(H,12,15). The van der Waals surface area contributed by atoms with Gasteiger partial charge in [-0.15, -0.1) is 0 Å². The molecule has 1 heterocycles. The fourth-order valence-corrected chi connectivity index (χ4v) is 1.61. The van der Waals surface area contributed by atoms with E-state index in [4.69, 9.17) is 0 Å². The molecular formula is C11H12N2O2. The van der Waals surface area contributed by atoms with E-state index in [1.54, 1.807) is 29.2 Å². The second kappa shape index (κ2) is 4.13. The number of carbonyl (C=O) groups is 2. The third-order valence-electron chi connectivity index (χ3n) is 2.42. The summed E-state index contributed by atoms with van der Waals surface area (Å²) in [6.07, 6.45) is 1.74. The second-order valence-electron chi connectivity index (χ2n) is 3.45. The molecular weight excluding hydrogens is 192 g/mol. The Morgan fingerprint density at radius 3 is 2.60 bits per heavy atom. The lowest BCUT2D eigenvalue weighted by Gasteiger charge is -2.27. The van der Waals surface area contributed by atoms with E-state index in [9.17, 15) is 9.59 Å². The molecule has 0 aromatic heterocycles. The van der Waals surface area contributed by atoms with Gasteiger partial charge in [0.05, 0.1) is 0 Å². The van der Waals surface area contributed by atoms with Crippen LogP contribution >= 0.6 is 0 Å². The largest absolute Gasteiger partial charge is 0.338 e. The Kier molecular flexibility index (Phi) is 2.67. The van der Waals surface area contributed by atoms with Crippen LogP contribution in [0.3, 0.4) is 0 Å². The van der Waals surface area contributed by atoms with Crippen molar-refractivity contribution in [2.24, 2.45) is 0 Å². The summed E-state index contributed by atoms with van der Waals surface area (Å²) in [6.45, 7) is 1.47.